The van der Waals surface area contributed by atoms with Gasteiger partial charge in [0.15, 0.2) is 6.61 Å². The van der Waals surface area contributed by atoms with E-state index in [1.165, 1.54) is 0 Å². The number of nitrogens with zero attached hydrogens (tertiary/aromatic N) is 1. The normalized spacial score (nSPS) is 15.4. The van der Waals surface area contributed by atoms with Crippen LogP contribution in [-0.2, 0) is 26.9 Å². The van der Waals surface area contributed by atoms with Crippen molar-refractivity contribution in [2.45, 2.75) is 12.6 Å². The zero-order valence-electron chi connectivity index (χ0n) is 15.6. The lowest BCUT2D eigenvalue weighted by atomic mass is 9.97. The van der Waals surface area contributed by atoms with Crippen molar-refractivity contribution in [3.63, 3.8) is 0 Å². The van der Waals surface area contributed by atoms with Crippen molar-refractivity contribution in [1.29, 1.82) is 0 Å². The number of fused-ring (bicyclic) bond motifs is 1. The molecule has 0 saturated carbocycles. The summed E-state index contributed by atoms with van der Waals surface area (Å²) in [4.78, 5) is 34.0. The fourth-order valence-corrected chi connectivity index (χ4v) is 3.14. The molecule has 1 atom stereocenters. The Balaban J connectivity index is 1.62. The number of amides is 1. The fraction of sp³-hybridized carbons (Fsp3) is 0.263. The molecule has 1 amide bonds. The van der Waals surface area contributed by atoms with Crippen LogP contribution in [0, 0.1) is 16.0 Å². The summed E-state index contributed by atoms with van der Waals surface area (Å²) in [6.45, 7) is -0.832. The van der Waals surface area contributed by atoms with Gasteiger partial charge in [-0.2, -0.15) is 13.2 Å². The molecule has 0 fully saturated rings. The number of hydrogen-bond acceptors (Lipinski definition) is 6. The second-order valence-electron chi connectivity index (χ2n) is 6.60. The molecule has 3 rings (SSSR count). The SMILES string of the molecule is O=C(COC(=O)C1COc2ccc(Cl)cc2C1)Nc1ccc([N+](=O)[O-])cc1C(F)(F)F. The van der Waals surface area contributed by atoms with Crippen molar-refractivity contribution in [3.8, 4) is 5.75 Å². The van der Waals surface area contributed by atoms with E-state index in [-0.39, 0.29) is 13.0 Å². The first kappa shape index (κ1) is 22.3. The summed E-state index contributed by atoms with van der Waals surface area (Å²) in [5.41, 5.74) is -2.18. The minimum atomic E-state index is -4.95. The van der Waals surface area contributed by atoms with Crippen LogP contribution in [0.15, 0.2) is 36.4 Å². The summed E-state index contributed by atoms with van der Waals surface area (Å²) in [7, 11) is 0. The number of nitro groups is 1. The lowest BCUT2D eigenvalue weighted by Gasteiger charge is -2.24. The average Bonchev–Trinajstić information content (AvgIpc) is 2.70. The van der Waals surface area contributed by atoms with Crippen LogP contribution in [-0.4, -0.2) is 30.0 Å². The molecule has 0 radical (unpaired) electrons. The van der Waals surface area contributed by atoms with Crippen LogP contribution in [0.1, 0.15) is 11.1 Å². The Labute approximate surface area is 178 Å². The van der Waals surface area contributed by atoms with Gasteiger partial charge in [0.05, 0.1) is 22.1 Å². The van der Waals surface area contributed by atoms with E-state index >= 15 is 0 Å². The van der Waals surface area contributed by atoms with E-state index in [1.807, 2.05) is 5.32 Å². The Morgan fingerprint density at radius 3 is 2.68 bits per heavy atom. The van der Waals surface area contributed by atoms with E-state index in [0.717, 1.165) is 12.1 Å². The molecule has 1 heterocycles. The highest BCUT2D eigenvalue weighted by Gasteiger charge is 2.36. The number of non-ortho nitro benzene ring substituents is 1. The van der Waals surface area contributed by atoms with Gasteiger partial charge in [0, 0.05) is 17.2 Å². The zero-order chi connectivity index (χ0) is 22.8. The Morgan fingerprint density at radius 2 is 2.00 bits per heavy atom. The molecule has 0 bridgehead atoms. The largest absolute Gasteiger partial charge is 0.492 e. The van der Waals surface area contributed by atoms with E-state index in [4.69, 9.17) is 21.1 Å². The molecule has 0 aliphatic carbocycles. The molecule has 2 aromatic rings. The van der Waals surface area contributed by atoms with Crippen LogP contribution in [0.2, 0.25) is 5.02 Å². The van der Waals surface area contributed by atoms with Crippen molar-refractivity contribution >= 4 is 34.9 Å². The van der Waals surface area contributed by atoms with Crippen LogP contribution < -0.4 is 10.1 Å². The maximum atomic E-state index is 13.2. The standard InChI is InChI=1S/C19H14ClF3N2O6/c20-12-1-4-16-10(6-12)5-11(8-30-16)18(27)31-9-17(26)24-15-3-2-13(25(28)29)7-14(15)19(21,22)23/h1-4,6-7,11H,5,8-9H2,(H,24,26). The number of carbonyl (C=O) groups excluding carboxylic acids is 2. The van der Waals surface area contributed by atoms with E-state index in [1.54, 1.807) is 18.2 Å². The predicted octanol–water partition coefficient (Wildman–Crippen LogP) is 4.00. The number of rotatable bonds is 5. The van der Waals surface area contributed by atoms with Crippen molar-refractivity contribution in [1.82, 2.24) is 0 Å². The molecule has 2 aromatic carbocycles. The van der Waals surface area contributed by atoms with E-state index in [2.05, 4.69) is 0 Å². The number of anilines is 1. The van der Waals surface area contributed by atoms with Crippen LogP contribution in [0.5, 0.6) is 5.75 Å². The maximum absolute atomic E-state index is 13.2. The van der Waals surface area contributed by atoms with Gasteiger partial charge in [-0.05, 0) is 36.2 Å². The van der Waals surface area contributed by atoms with Gasteiger partial charge < -0.3 is 14.8 Å². The van der Waals surface area contributed by atoms with E-state index < -0.39 is 52.4 Å². The summed E-state index contributed by atoms with van der Waals surface area (Å²) in [5, 5.41) is 13.1. The Hall–Kier alpha value is -3.34. The molecule has 31 heavy (non-hydrogen) atoms. The van der Waals surface area contributed by atoms with Crippen molar-refractivity contribution in [3.05, 3.63) is 62.7 Å². The van der Waals surface area contributed by atoms with Gasteiger partial charge in [0.1, 0.15) is 12.4 Å². The quantitative estimate of drug-likeness (QED) is 0.412. The third-order valence-electron chi connectivity index (χ3n) is 4.40. The molecule has 0 spiro atoms. The number of esters is 1. The molecule has 164 valence electrons. The van der Waals surface area contributed by atoms with Gasteiger partial charge in [-0.25, -0.2) is 0 Å². The number of ether oxygens (including phenoxy) is 2. The van der Waals surface area contributed by atoms with Gasteiger partial charge >= 0.3 is 12.1 Å². The van der Waals surface area contributed by atoms with Crippen LogP contribution in [0.4, 0.5) is 24.5 Å². The van der Waals surface area contributed by atoms with Crippen molar-refractivity contribution in [2.24, 2.45) is 5.92 Å². The highest BCUT2D eigenvalue weighted by atomic mass is 35.5. The van der Waals surface area contributed by atoms with Gasteiger partial charge in [0.2, 0.25) is 0 Å². The Kier molecular flexibility index (Phi) is 6.34. The highest BCUT2D eigenvalue weighted by molar-refractivity contribution is 6.30. The molecule has 1 unspecified atom stereocenters. The summed E-state index contributed by atoms with van der Waals surface area (Å²) in [5.74, 6) is -1.94. The summed E-state index contributed by atoms with van der Waals surface area (Å²) in [6, 6.07) is 6.82. The topological polar surface area (TPSA) is 108 Å². The van der Waals surface area contributed by atoms with Gasteiger partial charge in [-0.1, -0.05) is 11.6 Å². The lowest BCUT2D eigenvalue weighted by Crippen LogP contribution is -2.32. The highest BCUT2D eigenvalue weighted by Crippen LogP contribution is 2.37. The molecule has 1 aliphatic rings. The first-order valence-electron chi connectivity index (χ1n) is 8.78. The molecule has 1 N–H and O–H groups in total. The molecular weight excluding hydrogens is 445 g/mol. The molecule has 0 saturated heterocycles. The molecular formula is C19H14ClF3N2O6. The molecule has 1 aliphatic heterocycles. The maximum Gasteiger partial charge on any atom is 0.418 e. The second kappa shape index (κ2) is 8.80. The minimum Gasteiger partial charge on any atom is -0.492 e. The smallest absolute Gasteiger partial charge is 0.418 e. The Morgan fingerprint density at radius 1 is 1.26 bits per heavy atom. The van der Waals surface area contributed by atoms with E-state index in [9.17, 15) is 32.9 Å². The third kappa shape index (κ3) is 5.43. The van der Waals surface area contributed by atoms with Gasteiger partial charge in [0.25, 0.3) is 11.6 Å². The summed E-state index contributed by atoms with van der Waals surface area (Å²) >= 11 is 5.91. The number of benzene rings is 2. The van der Waals surface area contributed by atoms with Crippen LogP contribution in [0.3, 0.4) is 0 Å². The number of nitro benzene ring substituents is 1. The summed E-state index contributed by atoms with van der Waals surface area (Å²) < 4.78 is 49.9. The first-order chi connectivity index (χ1) is 14.5. The number of alkyl halides is 3. The molecule has 0 aromatic heterocycles. The molecule has 8 nitrogen and oxygen atoms in total. The van der Waals surface area contributed by atoms with Crippen molar-refractivity contribution in [2.75, 3.05) is 18.5 Å². The van der Waals surface area contributed by atoms with Crippen molar-refractivity contribution < 1.29 is 37.2 Å². The number of hydrogen-bond donors (Lipinski definition) is 1. The number of nitrogens with one attached hydrogen (secondary N) is 1. The van der Waals surface area contributed by atoms with Crippen LogP contribution in [0.25, 0.3) is 0 Å². The molecule has 12 heteroatoms. The second-order valence-corrected chi connectivity index (χ2v) is 7.04. The predicted molar refractivity (Wildman–Crippen MR) is 102 cm³/mol. The van der Waals surface area contributed by atoms with Gasteiger partial charge in [-0.15, -0.1) is 0 Å². The summed E-state index contributed by atoms with van der Waals surface area (Å²) in [6.07, 6.45) is -4.68. The lowest BCUT2D eigenvalue weighted by molar-refractivity contribution is -0.385. The third-order valence-corrected chi connectivity index (χ3v) is 4.64. The van der Waals surface area contributed by atoms with Crippen LogP contribution >= 0.6 is 11.6 Å². The monoisotopic (exact) mass is 458 g/mol. The van der Waals surface area contributed by atoms with Gasteiger partial charge in [-0.3, -0.25) is 19.7 Å². The average molecular weight is 459 g/mol. The zero-order valence-corrected chi connectivity index (χ0v) is 16.3. The Bertz CT molecular complexity index is 1040. The fourth-order valence-electron chi connectivity index (χ4n) is 2.94. The number of carbonyl (C=O) groups is 2. The first-order valence-corrected chi connectivity index (χ1v) is 9.15. The number of halogens is 4. The van der Waals surface area contributed by atoms with E-state index in [0.29, 0.717) is 22.4 Å². The minimum absolute atomic E-state index is 0.00958.